The molecule has 0 spiro atoms. The van der Waals surface area contributed by atoms with Gasteiger partial charge in [0, 0.05) is 37.4 Å². The molecule has 3 heterocycles. The van der Waals surface area contributed by atoms with E-state index in [2.05, 4.69) is 4.98 Å². The number of nitrogens with one attached hydrogen (secondary N) is 1. The molecule has 0 unspecified atom stereocenters. The SMILES string of the molecule is CC(=O)c1c(C)[nH]c(C(=O)N2CCC[C@@H](S(=O)(=O)N3CCOCC3)C2)c1C. The summed E-state index contributed by atoms with van der Waals surface area (Å²) in [5.41, 5.74) is 2.20. The summed E-state index contributed by atoms with van der Waals surface area (Å²) in [6, 6.07) is 0. The van der Waals surface area contributed by atoms with Crippen LogP contribution >= 0.6 is 0 Å². The van der Waals surface area contributed by atoms with E-state index in [1.54, 1.807) is 18.7 Å². The summed E-state index contributed by atoms with van der Waals surface area (Å²) in [6.45, 7) is 7.22. The van der Waals surface area contributed by atoms with Gasteiger partial charge in [0.2, 0.25) is 10.0 Å². The van der Waals surface area contributed by atoms with Crippen molar-refractivity contribution >= 4 is 21.7 Å². The summed E-state index contributed by atoms with van der Waals surface area (Å²) in [5, 5.41) is -0.600. The van der Waals surface area contributed by atoms with Crippen LogP contribution in [0, 0.1) is 13.8 Å². The van der Waals surface area contributed by atoms with Crippen molar-refractivity contribution in [3.05, 3.63) is 22.5 Å². The van der Waals surface area contributed by atoms with Gasteiger partial charge in [-0.25, -0.2) is 8.42 Å². The molecule has 8 nitrogen and oxygen atoms in total. The number of carbonyl (C=O) groups is 2. The minimum absolute atomic E-state index is 0.0910. The summed E-state index contributed by atoms with van der Waals surface area (Å²) in [6.07, 6.45) is 1.18. The van der Waals surface area contributed by atoms with Crippen LogP contribution in [0.5, 0.6) is 0 Å². The Bertz CT molecular complexity index is 839. The number of likely N-dealkylation sites (tertiary alicyclic amines) is 1. The average molecular weight is 397 g/mol. The summed E-state index contributed by atoms with van der Waals surface area (Å²) in [5.74, 6) is -0.336. The highest BCUT2D eigenvalue weighted by atomic mass is 32.2. The topological polar surface area (TPSA) is 99.8 Å². The molecule has 0 bridgehead atoms. The number of hydrogen-bond acceptors (Lipinski definition) is 5. The number of amides is 1. The van der Waals surface area contributed by atoms with Crippen molar-refractivity contribution in [2.75, 3.05) is 39.4 Å². The number of Topliss-reactive ketones (excluding diaryl/α,β-unsaturated/α-hetero) is 1. The molecule has 1 aromatic rings. The van der Waals surface area contributed by atoms with E-state index in [0.717, 1.165) is 0 Å². The molecule has 0 saturated carbocycles. The molecule has 1 atom stereocenters. The third kappa shape index (κ3) is 3.81. The molecule has 2 aliphatic heterocycles. The van der Waals surface area contributed by atoms with Crippen LogP contribution in [0.3, 0.4) is 0 Å². The lowest BCUT2D eigenvalue weighted by Crippen LogP contribution is -2.52. The number of ether oxygens (including phenoxy) is 1. The van der Waals surface area contributed by atoms with Crippen molar-refractivity contribution in [3.63, 3.8) is 0 Å². The van der Waals surface area contributed by atoms with Crippen LogP contribution in [0.1, 0.15) is 51.9 Å². The predicted octanol–water partition coefficient (Wildman–Crippen LogP) is 1.10. The van der Waals surface area contributed by atoms with Crippen LogP contribution in [-0.4, -0.2) is 78.9 Å². The fourth-order valence-electron chi connectivity index (χ4n) is 4.03. The van der Waals surface area contributed by atoms with E-state index in [-0.39, 0.29) is 18.2 Å². The molecule has 2 aliphatic rings. The van der Waals surface area contributed by atoms with Gasteiger partial charge in [0.1, 0.15) is 5.69 Å². The second-order valence-electron chi connectivity index (χ2n) is 7.25. The number of morpholine rings is 1. The first-order valence-electron chi connectivity index (χ1n) is 9.29. The summed E-state index contributed by atoms with van der Waals surface area (Å²) in [4.78, 5) is 29.4. The highest BCUT2D eigenvalue weighted by Crippen LogP contribution is 2.25. The lowest BCUT2D eigenvalue weighted by molar-refractivity contribution is 0.0682. The van der Waals surface area contributed by atoms with Crippen LogP contribution in [0.15, 0.2) is 0 Å². The van der Waals surface area contributed by atoms with Gasteiger partial charge in [0.25, 0.3) is 5.91 Å². The zero-order valence-electron chi connectivity index (χ0n) is 16.1. The highest BCUT2D eigenvalue weighted by Gasteiger charge is 2.38. The normalized spacial score (nSPS) is 22.0. The third-order valence-electron chi connectivity index (χ3n) is 5.42. The molecular formula is C18H27N3O5S. The summed E-state index contributed by atoms with van der Waals surface area (Å²) >= 11 is 0. The fraction of sp³-hybridized carbons (Fsp3) is 0.667. The van der Waals surface area contributed by atoms with Crippen LogP contribution in [0.2, 0.25) is 0 Å². The Morgan fingerprint density at radius 1 is 1.15 bits per heavy atom. The number of nitrogens with zero attached hydrogens (tertiary/aromatic N) is 2. The van der Waals surface area contributed by atoms with Crippen molar-refractivity contribution in [2.24, 2.45) is 0 Å². The largest absolute Gasteiger partial charge is 0.379 e. The molecule has 1 N–H and O–H groups in total. The Labute approximate surface area is 159 Å². The van der Waals surface area contributed by atoms with Gasteiger partial charge in [-0.15, -0.1) is 0 Å². The molecule has 2 saturated heterocycles. The van der Waals surface area contributed by atoms with E-state index in [4.69, 9.17) is 4.74 Å². The fourth-order valence-corrected chi connectivity index (χ4v) is 5.94. The van der Waals surface area contributed by atoms with E-state index in [1.807, 2.05) is 0 Å². The molecule has 0 aliphatic carbocycles. The minimum Gasteiger partial charge on any atom is -0.379 e. The molecule has 0 radical (unpaired) electrons. The van der Waals surface area contributed by atoms with Crippen LogP contribution < -0.4 is 0 Å². The molecule has 0 aromatic carbocycles. The highest BCUT2D eigenvalue weighted by molar-refractivity contribution is 7.89. The van der Waals surface area contributed by atoms with E-state index >= 15 is 0 Å². The number of piperidine rings is 1. The number of aromatic amines is 1. The number of sulfonamides is 1. The molecule has 27 heavy (non-hydrogen) atoms. The van der Waals surface area contributed by atoms with Crippen molar-refractivity contribution in [1.29, 1.82) is 0 Å². The zero-order valence-corrected chi connectivity index (χ0v) is 16.9. The van der Waals surface area contributed by atoms with Gasteiger partial charge in [-0.2, -0.15) is 4.31 Å². The molecule has 1 amide bonds. The first-order chi connectivity index (χ1) is 12.7. The molecule has 3 rings (SSSR count). The van der Waals surface area contributed by atoms with Gasteiger partial charge in [-0.3, -0.25) is 9.59 Å². The van der Waals surface area contributed by atoms with Gasteiger partial charge in [0.05, 0.1) is 18.5 Å². The van der Waals surface area contributed by atoms with Crippen LogP contribution in [0.25, 0.3) is 0 Å². The quantitative estimate of drug-likeness (QED) is 0.767. The first-order valence-corrected chi connectivity index (χ1v) is 10.8. The lowest BCUT2D eigenvalue weighted by atomic mass is 10.1. The Hall–Kier alpha value is -1.71. The summed E-state index contributed by atoms with van der Waals surface area (Å²) < 4.78 is 32.6. The molecule has 150 valence electrons. The Morgan fingerprint density at radius 2 is 1.81 bits per heavy atom. The van der Waals surface area contributed by atoms with Crippen molar-refractivity contribution in [2.45, 2.75) is 38.9 Å². The second kappa shape index (κ2) is 7.73. The maximum absolute atomic E-state index is 13.0. The smallest absolute Gasteiger partial charge is 0.270 e. The standard InChI is InChI=1S/C18H27N3O5S/c1-12-16(14(3)22)13(2)19-17(12)18(23)20-6-4-5-15(11-20)27(24,25)21-7-9-26-10-8-21/h15,19H,4-11H2,1-3H3/t15-/m1/s1. The predicted molar refractivity (Wildman–Crippen MR) is 101 cm³/mol. The number of H-pyrrole nitrogens is 1. The second-order valence-corrected chi connectivity index (χ2v) is 9.47. The van der Waals surface area contributed by atoms with Gasteiger partial charge in [-0.1, -0.05) is 0 Å². The third-order valence-corrected chi connectivity index (χ3v) is 7.73. The van der Waals surface area contributed by atoms with E-state index in [1.165, 1.54) is 11.2 Å². The van der Waals surface area contributed by atoms with Crippen molar-refractivity contribution in [1.82, 2.24) is 14.2 Å². The van der Waals surface area contributed by atoms with Crippen LogP contribution in [0.4, 0.5) is 0 Å². The van der Waals surface area contributed by atoms with Gasteiger partial charge in [0.15, 0.2) is 5.78 Å². The number of aromatic nitrogens is 1. The molecule has 2 fully saturated rings. The number of aryl methyl sites for hydroxylation is 1. The number of ketones is 1. The lowest BCUT2D eigenvalue weighted by Gasteiger charge is -2.36. The van der Waals surface area contributed by atoms with Crippen molar-refractivity contribution in [3.8, 4) is 0 Å². The van der Waals surface area contributed by atoms with E-state index in [9.17, 15) is 18.0 Å². The monoisotopic (exact) mass is 397 g/mol. The van der Waals surface area contributed by atoms with Crippen LogP contribution in [-0.2, 0) is 14.8 Å². The zero-order chi connectivity index (χ0) is 19.8. The molecular weight excluding hydrogens is 370 g/mol. The maximum Gasteiger partial charge on any atom is 0.270 e. The molecule has 9 heteroatoms. The number of rotatable bonds is 4. The number of hydrogen-bond donors (Lipinski definition) is 1. The van der Waals surface area contributed by atoms with Gasteiger partial charge in [-0.05, 0) is 39.2 Å². The Balaban J connectivity index is 1.79. The summed E-state index contributed by atoms with van der Waals surface area (Å²) in [7, 11) is -3.47. The van der Waals surface area contributed by atoms with Gasteiger partial charge >= 0.3 is 0 Å². The van der Waals surface area contributed by atoms with E-state index in [0.29, 0.717) is 68.2 Å². The molecule has 1 aromatic heterocycles. The minimum atomic E-state index is -3.47. The average Bonchev–Trinajstić information content (AvgIpc) is 2.96. The first kappa shape index (κ1) is 20.0. The Morgan fingerprint density at radius 3 is 2.41 bits per heavy atom. The van der Waals surface area contributed by atoms with Gasteiger partial charge < -0.3 is 14.6 Å². The Kier molecular flexibility index (Phi) is 5.73. The van der Waals surface area contributed by atoms with E-state index < -0.39 is 15.3 Å². The van der Waals surface area contributed by atoms with Crippen molar-refractivity contribution < 1.29 is 22.7 Å². The maximum atomic E-state index is 13.0. The number of carbonyl (C=O) groups excluding carboxylic acids is 2.